The average Bonchev–Trinajstić information content (AvgIpc) is 3.63. The lowest BCUT2D eigenvalue weighted by Crippen LogP contribution is -2.44. The Morgan fingerprint density at radius 3 is 2.13 bits per heavy atom. The average molecular weight is 441 g/mol. The van der Waals surface area contributed by atoms with E-state index in [0.717, 1.165) is 18.4 Å². The predicted molar refractivity (Wildman–Crippen MR) is 122 cm³/mol. The van der Waals surface area contributed by atoms with Gasteiger partial charge in [-0.05, 0) is 54.9 Å². The molecule has 6 heteroatoms. The highest BCUT2D eigenvalue weighted by Gasteiger charge is 2.38. The van der Waals surface area contributed by atoms with Gasteiger partial charge in [-0.2, -0.15) is 4.31 Å². The number of nitrogens with zero attached hydrogens (tertiary/aromatic N) is 2. The topological polar surface area (TPSA) is 57.7 Å². The van der Waals surface area contributed by atoms with Crippen LogP contribution in [0.15, 0.2) is 59.5 Å². The van der Waals surface area contributed by atoms with Crippen molar-refractivity contribution in [2.75, 3.05) is 13.1 Å². The molecule has 2 aromatic rings. The Hall–Kier alpha value is -2.18. The van der Waals surface area contributed by atoms with Gasteiger partial charge < -0.3 is 4.90 Å². The van der Waals surface area contributed by atoms with E-state index in [1.807, 2.05) is 11.0 Å². The molecule has 166 valence electrons. The van der Waals surface area contributed by atoms with Crippen molar-refractivity contribution in [3.8, 4) is 0 Å². The van der Waals surface area contributed by atoms with Crippen molar-refractivity contribution in [3.05, 3.63) is 65.7 Å². The van der Waals surface area contributed by atoms with Crippen molar-refractivity contribution in [2.45, 2.75) is 62.9 Å². The highest BCUT2D eigenvalue weighted by Crippen LogP contribution is 2.33. The van der Waals surface area contributed by atoms with Crippen LogP contribution in [0.2, 0.25) is 0 Å². The number of piperidine rings is 1. The van der Waals surface area contributed by atoms with Gasteiger partial charge in [-0.25, -0.2) is 8.42 Å². The first-order valence-corrected chi connectivity index (χ1v) is 12.7. The summed E-state index contributed by atoms with van der Waals surface area (Å²) in [5.41, 5.74) is 2.47. The zero-order chi connectivity index (χ0) is 22.0. The van der Waals surface area contributed by atoms with Gasteiger partial charge in [0.05, 0.1) is 4.90 Å². The van der Waals surface area contributed by atoms with Gasteiger partial charge in [-0.15, -0.1) is 0 Å². The molecule has 2 aromatic carbocycles. The summed E-state index contributed by atoms with van der Waals surface area (Å²) in [5.74, 6) is 0.581. The molecule has 0 bridgehead atoms. The van der Waals surface area contributed by atoms with E-state index in [-0.39, 0.29) is 11.8 Å². The molecule has 0 radical (unpaired) electrons. The molecule has 1 saturated heterocycles. The van der Waals surface area contributed by atoms with Gasteiger partial charge in [0.1, 0.15) is 0 Å². The molecule has 2 aliphatic rings. The Kier molecular flexibility index (Phi) is 6.49. The molecule has 2 fully saturated rings. The van der Waals surface area contributed by atoms with Crippen LogP contribution in [0.4, 0.5) is 0 Å². The maximum atomic E-state index is 13.3. The number of carbonyl (C=O) groups is 1. The molecule has 4 rings (SSSR count). The highest BCUT2D eigenvalue weighted by molar-refractivity contribution is 7.89. The Balaban J connectivity index is 1.39. The zero-order valence-corrected chi connectivity index (χ0v) is 19.2. The molecular weight excluding hydrogens is 408 g/mol. The third-order valence-electron chi connectivity index (χ3n) is 6.45. The summed E-state index contributed by atoms with van der Waals surface area (Å²) in [6.45, 7) is 5.80. The number of hydrogen-bond donors (Lipinski definition) is 0. The van der Waals surface area contributed by atoms with Crippen LogP contribution in [-0.2, 0) is 21.4 Å². The van der Waals surface area contributed by atoms with E-state index in [0.29, 0.717) is 49.3 Å². The minimum atomic E-state index is -3.49. The van der Waals surface area contributed by atoms with Crippen LogP contribution in [0.1, 0.15) is 56.6 Å². The molecule has 0 unspecified atom stereocenters. The van der Waals surface area contributed by atoms with Crippen LogP contribution in [0.5, 0.6) is 0 Å². The summed E-state index contributed by atoms with van der Waals surface area (Å²) in [6, 6.07) is 17.5. The Labute approximate surface area is 186 Å². The molecule has 0 atom stereocenters. The first-order chi connectivity index (χ1) is 14.9. The van der Waals surface area contributed by atoms with Gasteiger partial charge in [0.25, 0.3) is 0 Å². The van der Waals surface area contributed by atoms with Gasteiger partial charge in [-0.1, -0.05) is 56.3 Å². The van der Waals surface area contributed by atoms with Crippen molar-refractivity contribution < 1.29 is 13.2 Å². The van der Waals surface area contributed by atoms with Crippen LogP contribution < -0.4 is 0 Å². The summed E-state index contributed by atoms with van der Waals surface area (Å²) >= 11 is 0. The molecule has 31 heavy (non-hydrogen) atoms. The molecule has 1 aliphatic heterocycles. The number of benzene rings is 2. The quantitative estimate of drug-likeness (QED) is 0.641. The van der Waals surface area contributed by atoms with E-state index in [2.05, 4.69) is 38.1 Å². The van der Waals surface area contributed by atoms with Gasteiger partial charge in [-0.3, -0.25) is 4.79 Å². The minimum Gasteiger partial charge on any atom is -0.335 e. The molecule has 0 spiro atoms. The summed E-state index contributed by atoms with van der Waals surface area (Å²) in [6.07, 6.45) is 3.30. The minimum absolute atomic E-state index is 0.0993. The van der Waals surface area contributed by atoms with Crippen LogP contribution in [0, 0.1) is 5.92 Å². The predicted octanol–water partition coefficient (Wildman–Crippen LogP) is 4.40. The summed E-state index contributed by atoms with van der Waals surface area (Å²) < 4.78 is 27.3. The molecule has 1 saturated carbocycles. The standard InChI is InChI=1S/C25H32N2O3S/c1-19(2)21-10-8-20(9-11-21)18-27(23-12-13-23)25(28)22-14-16-26(17-15-22)31(29,30)24-6-4-3-5-7-24/h3-11,19,22-23H,12-18H2,1-2H3. The number of amides is 1. The lowest BCUT2D eigenvalue weighted by molar-refractivity contribution is -0.138. The van der Waals surface area contributed by atoms with E-state index >= 15 is 0 Å². The molecule has 1 amide bonds. The van der Waals surface area contributed by atoms with Crippen molar-refractivity contribution in [3.63, 3.8) is 0 Å². The van der Waals surface area contributed by atoms with Crippen LogP contribution in [-0.4, -0.2) is 42.7 Å². The van der Waals surface area contributed by atoms with Crippen molar-refractivity contribution >= 4 is 15.9 Å². The smallest absolute Gasteiger partial charge is 0.243 e. The second kappa shape index (κ2) is 9.13. The van der Waals surface area contributed by atoms with Gasteiger partial charge in [0.15, 0.2) is 0 Å². The van der Waals surface area contributed by atoms with Gasteiger partial charge in [0.2, 0.25) is 15.9 Å². The van der Waals surface area contributed by atoms with E-state index in [4.69, 9.17) is 0 Å². The molecule has 0 aromatic heterocycles. The number of sulfonamides is 1. The fourth-order valence-electron chi connectivity index (χ4n) is 4.30. The number of carbonyl (C=O) groups excluding carboxylic acids is 1. The van der Waals surface area contributed by atoms with E-state index in [1.165, 1.54) is 9.87 Å². The number of hydrogen-bond acceptors (Lipinski definition) is 3. The second-order valence-corrected chi connectivity index (χ2v) is 11.0. The Morgan fingerprint density at radius 1 is 0.968 bits per heavy atom. The molecular formula is C25H32N2O3S. The lowest BCUT2D eigenvalue weighted by Gasteiger charge is -2.34. The van der Waals surface area contributed by atoms with Crippen molar-refractivity contribution in [1.82, 2.24) is 9.21 Å². The summed E-state index contributed by atoms with van der Waals surface area (Å²) in [5, 5.41) is 0. The third-order valence-corrected chi connectivity index (χ3v) is 8.37. The summed E-state index contributed by atoms with van der Waals surface area (Å²) in [7, 11) is -3.49. The van der Waals surface area contributed by atoms with E-state index in [9.17, 15) is 13.2 Å². The highest BCUT2D eigenvalue weighted by atomic mass is 32.2. The number of rotatable bonds is 7. The normalized spacial score (nSPS) is 18.3. The maximum absolute atomic E-state index is 13.3. The van der Waals surface area contributed by atoms with E-state index < -0.39 is 10.0 Å². The molecule has 1 aliphatic carbocycles. The molecule has 5 nitrogen and oxygen atoms in total. The van der Waals surface area contributed by atoms with Crippen LogP contribution in [0.25, 0.3) is 0 Å². The fraction of sp³-hybridized carbons (Fsp3) is 0.480. The van der Waals surface area contributed by atoms with Crippen molar-refractivity contribution in [1.29, 1.82) is 0 Å². The van der Waals surface area contributed by atoms with Crippen molar-refractivity contribution in [2.24, 2.45) is 5.92 Å². The summed E-state index contributed by atoms with van der Waals surface area (Å²) in [4.78, 5) is 15.7. The SMILES string of the molecule is CC(C)c1ccc(CN(C(=O)C2CCN(S(=O)(=O)c3ccccc3)CC2)C2CC2)cc1. The molecule has 1 heterocycles. The second-order valence-electron chi connectivity index (χ2n) is 9.09. The maximum Gasteiger partial charge on any atom is 0.243 e. The first kappa shape index (κ1) is 22.0. The van der Waals surface area contributed by atoms with Gasteiger partial charge >= 0.3 is 0 Å². The zero-order valence-electron chi connectivity index (χ0n) is 18.4. The Bertz CT molecular complexity index is 991. The van der Waals surface area contributed by atoms with Crippen LogP contribution in [0.3, 0.4) is 0 Å². The third kappa shape index (κ3) is 5.01. The lowest BCUT2D eigenvalue weighted by atomic mass is 9.96. The van der Waals surface area contributed by atoms with E-state index in [1.54, 1.807) is 24.3 Å². The Morgan fingerprint density at radius 2 is 1.58 bits per heavy atom. The molecule has 0 N–H and O–H groups in total. The monoisotopic (exact) mass is 440 g/mol. The largest absolute Gasteiger partial charge is 0.335 e. The fourth-order valence-corrected chi connectivity index (χ4v) is 5.79. The first-order valence-electron chi connectivity index (χ1n) is 11.3. The van der Waals surface area contributed by atoms with Crippen LogP contribution >= 0.6 is 0 Å². The van der Waals surface area contributed by atoms with Gasteiger partial charge in [0, 0.05) is 31.6 Å².